The molecule has 5 heteroatoms. The number of alkyl carbamates (subject to hydrolysis) is 1. The highest BCUT2D eigenvalue weighted by Crippen LogP contribution is 1.97. The van der Waals surface area contributed by atoms with Gasteiger partial charge < -0.3 is 20.1 Å². The first-order valence-corrected chi connectivity index (χ1v) is 4.43. The topological polar surface area (TPSA) is 59.6 Å². The second-order valence-electron chi connectivity index (χ2n) is 3.02. The summed E-state index contributed by atoms with van der Waals surface area (Å²) in [5.41, 5.74) is 0. The molecule has 5 nitrogen and oxygen atoms in total. The predicted octanol–water partition coefficient (Wildman–Crippen LogP) is -0.422. The van der Waals surface area contributed by atoms with Crippen LogP contribution >= 0.6 is 0 Å². The molecule has 1 aliphatic heterocycles. The molecule has 1 saturated heterocycles. The summed E-state index contributed by atoms with van der Waals surface area (Å²) >= 11 is 0. The van der Waals surface area contributed by atoms with Crippen LogP contribution in [0.4, 0.5) is 4.79 Å². The Balaban J connectivity index is 2.15. The second-order valence-corrected chi connectivity index (χ2v) is 3.02. The first kappa shape index (κ1) is 10.3. The van der Waals surface area contributed by atoms with E-state index in [-0.39, 0.29) is 6.09 Å². The summed E-state index contributed by atoms with van der Waals surface area (Å²) in [6.07, 6.45) is -0.385. The quantitative estimate of drug-likeness (QED) is 0.618. The Morgan fingerprint density at radius 1 is 1.77 bits per heavy atom. The van der Waals surface area contributed by atoms with Crippen molar-refractivity contribution >= 4 is 6.09 Å². The third-order valence-electron chi connectivity index (χ3n) is 1.93. The van der Waals surface area contributed by atoms with Gasteiger partial charge in [0.2, 0.25) is 0 Å². The number of carbonyl (C=O) groups excluding carboxylic acids is 1. The summed E-state index contributed by atoms with van der Waals surface area (Å²) in [6, 6.07) is 0. The fraction of sp³-hybridized carbons (Fsp3) is 0.875. The van der Waals surface area contributed by atoms with Crippen LogP contribution in [0.5, 0.6) is 0 Å². The number of hydrogen-bond donors (Lipinski definition) is 2. The lowest BCUT2D eigenvalue weighted by Crippen LogP contribution is -2.35. The molecule has 1 amide bonds. The SMILES string of the molecule is COC(=O)NCC1CNCCOC1. The summed E-state index contributed by atoms with van der Waals surface area (Å²) < 4.78 is 9.78. The molecule has 0 saturated carbocycles. The fourth-order valence-corrected chi connectivity index (χ4v) is 1.19. The van der Waals surface area contributed by atoms with Crippen molar-refractivity contribution in [1.82, 2.24) is 10.6 Å². The number of amides is 1. The maximum Gasteiger partial charge on any atom is 0.406 e. The van der Waals surface area contributed by atoms with Crippen LogP contribution in [0.3, 0.4) is 0 Å². The van der Waals surface area contributed by atoms with Gasteiger partial charge in [0, 0.05) is 25.6 Å². The molecule has 0 aromatic carbocycles. The second kappa shape index (κ2) is 5.77. The molecule has 1 heterocycles. The number of carbonyl (C=O) groups is 1. The number of hydrogen-bond acceptors (Lipinski definition) is 4. The third-order valence-corrected chi connectivity index (χ3v) is 1.93. The average Bonchev–Trinajstić information content (AvgIpc) is 2.42. The van der Waals surface area contributed by atoms with Gasteiger partial charge in [0.25, 0.3) is 0 Å². The predicted molar refractivity (Wildman–Crippen MR) is 47.6 cm³/mol. The Morgan fingerprint density at radius 2 is 2.62 bits per heavy atom. The maximum absolute atomic E-state index is 10.7. The van der Waals surface area contributed by atoms with Crippen LogP contribution in [0.2, 0.25) is 0 Å². The van der Waals surface area contributed by atoms with Crippen molar-refractivity contribution in [2.45, 2.75) is 0 Å². The molecule has 0 aromatic heterocycles. The minimum Gasteiger partial charge on any atom is -0.453 e. The van der Waals surface area contributed by atoms with Gasteiger partial charge in [0.1, 0.15) is 0 Å². The summed E-state index contributed by atoms with van der Waals surface area (Å²) in [5, 5.41) is 5.87. The molecule has 0 radical (unpaired) electrons. The van der Waals surface area contributed by atoms with E-state index < -0.39 is 0 Å². The maximum atomic E-state index is 10.7. The zero-order valence-electron chi connectivity index (χ0n) is 7.84. The number of ether oxygens (including phenoxy) is 2. The van der Waals surface area contributed by atoms with Gasteiger partial charge in [-0.3, -0.25) is 0 Å². The van der Waals surface area contributed by atoms with Crippen molar-refractivity contribution < 1.29 is 14.3 Å². The van der Waals surface area contributed by atoms with E-state index in [0.29, 0.717) is 19.1 Å². The van der Waals surface area contributed by atoms with E-state index >= 15 is 0 Å². The molecule has 2 N–H and O–H groups in total. The van der Waals surface area contributed by atoms with Gasteiger partial charge in [0.15, 0.2) is 0 Å². The molecule has 0 aromatic rings. The highest BCUT2D eigenvalue weighted by Gasteiger charge is 2.12. The van der Waals surface area contributed by atoms with Gasteiger partial charge in [-0.1, -0.05) is 0 Å². The number of nitrogens with one attached hydrogen (secondary N) is 2. The van der Waals surface area contributed by atoms with E-state index in [1.165, 1.54) is 7.11 Å². The normalized spacial score (nSPS) is 23.3. The zero-order chi connectivity index (χ0) is 9.52. The van der Waals surface area contributed by atoms with Crippen LogP contribution in [0, 0.1) is 5.92 Å². The van der Waals surface area contributed by atoms with Crippen LogP contribution in [0.1, 0.15) is 0 Å². The molecule has 1 fully saturated rings. The molecule has 0 bridgehead atoms. The van der Waals surface area contributed by atoms with Crippen molar-refractivity contribution in [3.8, 4) is 0 Å². The molecule has 1 aliphatic rings. The zero-order valence-corrected chi connectivity index (χ0v) is 7.84. The molecular formula is C8H16N2O3. The van der Waals surface area contributed by atoms with Crippen molar-refractivity contribution in [3.05, 3.63) is 0 Å². The Bertz CT molecular complexity index is 155. The highest BCUT2D eigenvalue weighted by molar-refractivity contribution is 5.66. The lowest BCUT2D eigenvalue weighted by Gasteiger charge is -2.13. The van der Waals surface area contributed by atoms with E-state index in [1.54, 1.807) is 0 Å². The molecule has 1 atom stereocenters. The average molecular weight is 188 g/mol. The lowest BCUT2D eigenvalue weighted by molar-refractivity contribution is 0.120. The van der Waals surface area contributed by atoms with Crippen molar-refractivity contribution in [2.75, 3.05) is 40.0 Å². The lowest BCUT2D eigenvalue weighted by atomic mass is 10.1. The van der Waals surface area contributed by atoms with Crippen LogP contribution < -0.4 is 10.6 Å². The minimum atomic E-state index is -0.385. The van der Waals surface area contributed by atoms with Gasteiger partial charge >= 0.3 is 6.09 Å². The van der Waals surface area contributed by atoms with E-state index in [1.807, 2.05) is 0 Å². The van der Waals surface area contributed by atoms with E-state index in [0.717, 1.165) is 19.7 Å². The van der Waals surface area contributed by atoms with E-state index in [4.69, 9.17) is 4.74 Å². The molecule has 76 valence electrons. The molecule has 0 aliphatic carbocycles. The molecular weight excluding hydrogens is 172 g/mol. The Kier molecular flexibility index (Phi) is 4.56. The van der Waals surface area contributed by atoms with Crippen molar-refractivity contribution in [1.29, 1.82) is 0 Å². The summed E-state index contributed by atoms with van der Waals surface area (Å²) in [5.74, 6) is 0.335. The van der Waals surface area contributed by atoms with E-state index in [9.17, 15) is 4.79 Å². The molecule has 1 rings (SSSR count). The Labute approximate surface area is 77.8 Å². The minimum absolute atomic E-state index is 0.335. The Morgan fingerprint density at radius 3 is 3.38 bits per heavy atom. The van der Waals surface area contributed by atoms with Crippen molar-refractivity contribution in [3.63, 3.8) is 0 Å². The standard InChI is InChI=1S/C8H16N2O3/c1-12-8(11)10-5-7-4-9-2-3-13-6-7/h7,9H,2-6H2,1H3,(H,10,11). The highest BCUT2D eigenvalue weighted by atomic mass is 16.5. The third kappa shape index (κ3) is 4.10. The first-order valence-electron chi connectivity index (χ1n) is 4.43. The van der Waals surface area contributed by atoms with Gasteiger partial charge in [-0.15, -0.1) is 0 Å². The van der Waals surface area contributed by atoms with Crippen molar-refractivity contribution in [2.24, 2.45) is 5.92 Å². The molecule has 0 spiro atoms. The Hall–Kier alpha value is -0.810. The summed E-state index contributed by atoms with van der Waals surface area (Å²) in [7, 11) is 1.36. The summed E-state index contributed by atoms with van der Waals surface area (Å²) in [6.45, 7) is 3.80. The fourth-order valence-electron chi connectivity index (χ4n) is 1.19. The van der Waals surface area contributed by atoms with Crippen LogP contribution in [-0.2, 0) is 9.47 Å². The number of rotatable bonds is 2. The van der Waals surface area contributed by atoms with E-state index in [2.05, 4.69) is 15.4 Å². The largest absolute Gasteiger partial charge is 0.453 e. The smallest absolute Gasteiger partial charge is 0.406 e. The van der Waals surface area contributed by atoms with Gasteiger partial charge in [-0.05, 0) is 0 Å². The molecule has 13 heavy (non-hydrogen) atoms. The van der Waals surface area contributed by atoms with Gasteiger partial charge in [0.05, 0.1) is 20.3 Å². The van der Waals surface area contributed by atoms with Crippen LogP contribution in [-0.4, -0.2) is 46.1 Å². The van der Waals surface area contributed by atoms with Gasteiger partial charge in [-0.25, -0.2) is 4.79 Å². The van der Waals surface area contributed by atoms with Gasteiger partial charge in [-0.2, -0.15) is 0 Å². The van der Waals surface area contributed by atoms with Crippen LogP contribution in [0.25, 0.3) is 0 Å². The number of methoxy groups -OCH3 is 1. The summed E-state index contributed by atoms with van der Waals surface area (Å²) in [4.78, 5) is 10.7. The molecule has 1 unspecified atom stereocenters. The van der Waals surface area contributed by atoms with Crippen LogP contribution in [0.15, 0.2) is 0 Å². The monoisotopic (exact) mass is 188 g/mol. The first-order chi connectivity index (χ1) is 6.33.